The molecule has 5 nitrogen and oxygen atoms in total. The van der Waals surface area contributed by atoms with E-state index in [0.717, 1.165) is 6.07 Å². The van der Waals surface area contributed by atoms with Gasteiger partial charge in [-0.1, -0.05) is 0 Å². The van der Waals surface area contributed by atoms with Gasteiger partial charge < -0.3 is 5.32 Å². The fourth-order valence-electron chi connectivity index (χ4n) is 1.86. The minimum absolute atomic E-state index is 0.336. The van der Waals surface area contributed by atoms with Gasteiger partial charge in [0, 0.05) is 18.7 Å². The molecule has 0 aliphatic carbocycles. The topological polar surface area (TPSA) is 66.5 Å². The number of nitrogens with zero attached hydrogens (tertiary/aromatic N) is 3. The molecular weight excluding hydrogens is 252 g/mol. The summed E-state index contributed by atoms with van der Waals surface area (Å²) in [6.07, 6.45) is 1.52. The van der Waals surface area contributed by atoms with Gasteiger partial charge in [-0.3, -0.25) is 5.10 Å². The molecule has 19 heavy (non-hydrogen) atoms. The van der Waals surface area contributed by atoms with Crippen LogP contribution in [0, 0.1) is 11.6 Å². The first-order chi connectivity index (χ1) is 9.17. The monoisotopic (exact) mass is 261 g/mol. The number of aromatic nitrogens is 4. The number of hydrogen-bond acceptors (Lipinski definition) is 4. The summed E-state index contributed by atoms with van der Waals surface area (Å²) in [6.45, 7) is 0. The molecule has 2 heterocycles. The molecule has 0 spiro atoms. The zero-order valence-electron chi connectivity index (χ0n) is 9.91. The van der Waals surface area contributed by atoms with Crippen molar-refractivity contribution < 1.29 is 8.78 Å². The molecule has 0 fully saturated rings. The van der Waals surface area contributed by atoms with Crippen LogP contribution in [0.3, 0.4) is 0 Å². The van der Waals surface area contributed by atoms with Crippen LogP contribution in [-0.2, 0) is 0 Å². The minimum Gasteiger partial charge on any atom is -0.357 e. The van der Waals surface area contributed by atoms with Crippen LogP contribution in [0.2, 0.25) is 0 Å². The van der Waals surface area contributed by atoms with Gasteiger partial charge in [-0.15, -0.1) is 0 Å². The molecule has 0 aliphatic rings. The standard InChI is InChI=1S/C12H9F2N5/c1-15-12-17-10(9-5-16-19-11(9)18-12)6-2-7(13)4-8(14)3-6/h2-5H,1H3,(H2,15,16,17,18,19). The fourth-order valence-corrected chi connectivity index (χ4v) is 1.86. The van der Waals surface area contributed by atoms with Gasteiger partial charge in [-0.25, -0.2) is 13.8 Å². The largest absolute Gasteiger partial charge is 0.357 e. The molecule has 2 aromatic heterocycles. The highest BCUT2D eigenvalue weighted by atomic mass is 19.1. The molecule has 0 saturated heterocycles. The molecule has 0 unspecified atom stereocenters. The minimum atomic E-state index is -0.656. The molecular formula is C12H9F2N5. The van der Waals surface area contributed by atoms with E-state index in [-0.39, 0.29) is 0 Å². The van der Waals surface area contributed by atoms with Crippen LogP contribution in [0.4, 0.5) is 14.7 Å². The molecule has 0 saturated carbocycles. The van der Waals surface area contributed by atoms with E-state index in [1.54, 1.807) is 7.05 Å². The van der Waals surface area contributed by atoms with Crippen molar-refractivity contribution in [3.05, 3.63) is 36.0 Å². The lowest BCUT2D eigenvalue weighted by molar-refractivity contribution is 0.584. The maximum Gasteiger partial charge on any atom is 0.225 e. The second kappa shape index (κ2) is 4.27. The fraction of sp³-hybridized carbons (Fsp3) is 0.0833. The van der Waals surface area contributed by atoms with E-state index in [1.165, 1.54) is 18.3 Å². The van der Waals surface area contributed by atoms with Crippen molar-refractivity contribution in [1.29, 1.82) is 0 Å². The Morgan fingerprint density at radius 2 is 1.84 bits per heavy atom. The molecule has 96 valence electrons. The molecule has 0 bridgehead atoms. The van der Waals surface area contributed by atoms with Crippen LogP contribution in [0.15, 0.2) is 24.4 Å². The van der Waals surface area contributed by atoms with E-state index in [2.05, 4.69) is 25.5 Å². The van der Waals surface area contributed by atoms with Crippen LogP contribution in [0.1, 0.15) is 0 Å². The van der Waals surface area contributed by atoms with E-state index >= 15 is 0 Å². The number of anilines is 1. The van der Waals surface area contributed by atoms with Crippen LogP contribution in [0.5, 0.6) is 0 Å². The first-order valence-electron chi connectivity index (χ1n) is 5.52. The summed E-state index contributed by atoms with van der Waals surface area (Å²) in [5.41, 5.74) is 1.25. The average molecular weight is 261 g/mol. The second-order valence-electron chi connectivity index (χ2n) is 3.94. The Morgan fingerprint density at radius 3 is 2.53 bits per heavy atom. The van der Waals surface area contributed by atoms with Crippen molar-refractivity contribution in [2.75, 3.05) is 12.4 Å². The smallest absolute Gasteiger partial charge is 0.225 e. The number of fused-ring (bicyclic) bond motifs is 1. The third-order valence-electron chi connectivity index (χ3n) is 2.67. The third-order valence-corrected chi connectivity index (χ3v) is 2.67. The van der Waals surface area contributed by atoms with E-state index in [0.29, 0.717) is 28.2 Å². The highest BCUT2D eigenvalue weighted by Crippen LogP contribution is 2.27. The van der Waals surface area contributed by atoms with E-state index < -0.39 is 11.6 Å². The van der Waals surface area contributed by atoms with Crippen molar-refractivity contribution in [3.63, 3.8) is 0 Å². The number of benzene rings is 1. The average Bonchev–Trinajstić information content (AvgIpc) is 2.84. The van der Waals surface area contributed by atoms with Gasteiger partial charge >= 0.3 is 0 Å². The molecule has 7 heteroatoms. The Morgan fingerprint density at radius 1 is 1.11 bits per heavy atom. The quantitative estimate of drug-likeness (QED) is 0.743. The predicted molar refractivity (Wildman–Crippen MR) is 66.6 cm³/mol. The Kier molecular flexibility index (Phi) is 2.59. The predicted octanol–water partition coefficient (Wildman–Crippen LogP) is 2.34. The lowest BCUT2D eigenvalue weighted by atomic mass is 10.1. The van der Waals surface area contributed by atoms with Crippen LogP contribution in [0.25, 0.3) is 22.3 Å². The number of nitrogens with one attached hydrogen (secondary N) is 2. The first kappa shape index (κ1) is 11.5. The summed E-state index contributed by atoms with van der Waals surface area (Å²) in [5, 5.41) is 9.96. The number of H-pyrrole nitrogens is 1. The van der Waals surface area contributed by atoms with E-state index in [9.17, 15) is 8.78 Å². The highest BCUT2D eigenvalue weighted by Gasteiger charge is 2.12. The summed E-state index contributed by atoms with van der Waals surface area (Å²) < 4.78 is 26.6. The maximum atomic E-state index is 13.3. The van der Waals surface area contributed by atoms with Gasteiger partial charge in [0.15, 0.2) is 5.65 Å². The normalized spacial score (nSPS) is 10.9. The molecule has 1 aromatic carbocycles. The van der Waals surface area contributed by atoms with Gasteiger partial charge in [-0.2, -0.15) is 10.1 Å². The van der Waals surface area contributed by atoms with Crippen molar-refractivity contribution in [2.24, 2.45) is 0 Å². The summed E-state index contributed by atoms with van der Waals surface area (Å²) in [7, 11) is 1.66. The summed E-state index contributed by atoms with van der Waals surface area (Å²) in [6, 6.07) is 3.25. The maximum absolute atomic E-state index is 13.3. The van der Waals surface area contributed by atoms with Crippen molar-refractivity contribution in [3.8, 4) is 11.3 Å². The Hall–Kier alpha value is -2.57. The van der Waals surface area contributed by atoms with Crippen molar-refractivity contribution >= 4 is 17.0 Å². The second-order valence-corrected chi connectivity index (χ2v) is 3.94. The number of rotatable bonds is 2. The van der Waals surface area contributed by atoms with E-state index in [1.807, 2.05) is 0 Å². The lowest BCUT2D eigenvalue weighted by Crippen LogP contribution is -1.99. The van der Waals surface area contributed by atoms with Crippen LogP contribution in [-0.4, -0.2) is 27.2 Å². The molecule has 0 aliphatic heterocycles. The molecule has 0 amide bonds. The van der Waals surface area contributed by atoms with Crippen LogP contribution < -0.4 is 5.32 Å². The van der Waals surface area contributed by atoms with Crippen molar-refractivity contribution in [1.82, 2.24) is 20.2 Å². The van der Waals surface area contributed by atoms with Gasteiger partial charge in [0.05, 0.1) is 17.3 Å². The molecule has 0 atom stereocenters. The van der Waals surface area contributed by atoms with Gasteiger partial charge in [0.2, 0.25) is 5.95 Å². The molecule has 3 rings (SSSR count). The van der Waals surface area contributed by atoms with Gasteiger partial charge in [0.25, 0.3) is 0 Å². The number of aromatic amines is 1. The number of halogens is 2. The molecule has 2 N–H and O–H groups in total. The zero-order chi connectivity index (χ0) is 13.4. The summed E-state index contributed by atoms with van der Waals surface area (Å²) in [4.78, 5) is 8.39. The van der Waals surface area contributed by atoms with Crippen molar-refractivity contribution in [2.45, 2.75) is 0 Å². The lowest BCUT2D eigenvalue weighted by Gasteiger charge is -2.05. The molecule has 3 aromatic rings. The Balaban J connectivity index is 2.31. The molecule has 0 radical (unpaired) electrons. The Bertz CT molecular complexity index is 733. The van der Waals surface area contributed by atoms with Gasteiger partial charge in [-0.05, 0) is 12.1 Å². The van der Waals surface area contributed by atoms with E-state index in [4.69, 9.17) is 0 Å². The van der Waals surface area contributed by atoms with Gasteiger partial charge in [0.1, 0.15) is 11.6 Å². The Labute approximate surface area is 106 Å². The highest BCUT2D eigenvalue weighted by molar-refractivity contribution is 5.90. The summed E-state index contributed by atoms with van der Waals surface area (Å²) in [5.74, 6) is -0.969. The SMILES string of the molecule is CNc1nc(-c2cc(F)cc(F)c2)c2cn[nH]c2n1. The first-order valence-corrected chi connectivity index (χ1v) is 5.52. The van der Waals surface area contributed by atoms with Crippen LogP contribution >= 0.6 is 0 Å². The third kappa shape index (κ3) is 1.99. The number of hydrogen-bond donors (Lipinski definition) is 2. The zero-order valence-corrected chi connectivity index (χ0v) is 9.91. The summed E-state index contributed by atoms with van der Waals surface area (Å²) >= 11 is 0.